The second-order valence-corrected chi connectivity index (χ2v) is 7.49. The smallest absolute Gasteiger partial charge is 0.249 e. The summed E-state index contributed by atoms with van der Waals surface area (Å²) in [6.07, 6.45) is 2.26. The van der Waals surface area contributed by atoms with E-state index < -0.39 is 9.84 Å². The second-order valence-electron chi connectivity index (χ2n) is 5.26. The van der Waals surface area contributed by atoms with Crippen molar-refractivity contribution in [1.82, 2.24) is 14.6 Å². The van der Waals surface area contributed by atoms with Crippen LogP contribution in [0.25, 0.3) is 5.65 Å². The number of hydrogen-bond donors (Lipinski definition) is 1. The van der Waals surface area contributed by atoms with Gasteiger partial charge in [-0.3, -0.25) is 10.1 Å². The fraction of sp³-hybridized carbons (Fsp3) is 0.385. The summed E-state index contributed by atoms with van der Waals surface area (Å²) in [6, 6.07) is 5.27. The van der Waals surface area contributed by atoms with Gasteiger partial charge < -0.3 is 0 Å². The van der Waals surface area contributed by atoms with Crippen molar-refractivity contribution in [1.29, 1.82) is 5.26 Å². The van der Waals surface area contributed by atoms with Crippen LogP contribution >= 0.6 is 0 Å². The highest BCUT2D eigenvalue weighted by molar-refractivity contribution is 7.91. The molecule has 1 fully saturated rings. The maximum atomic E-state index is 12.0. The largest absolute Gasteiger partial charge is 0.293 e. The molecule has 1 atom stereocenters. The van der Waals surface area contributed by atoms with Gasteiger partial charge in [0.2, 0.25) is 11.9 Å². The number of pyridine rings is 1. The maximum absolute atomic E-state index is 12.0. The molecular formula is C13H13N5O3S. The van der Waals surface area contributed by atoms with Crippen LogP contribution in [0.5, 0.6) is 0 Å². The Morgan fingerprint density at radius 3 is 3.05 bits per heavy atom. The number of aromatic nitrogens is 3. The number of nitrogens with zero attached hydrogens (tertiary/aromatic N) is 4. The van der Waals surface area contributed by atoms with Crippen LogP contribution in [0.15, 0.2) is 18.3 Å². The van der Waals surface area contributed by atoms with Crippen molar-refractivity contribution in [3.8, 4) is 6.07 Å². The Morgan fingerprint density at radius 1 is 1.55 bits per heavy atom. The average molecular weight is 319 g/mol. The molecule has 0 aromatic carbocycles. The fourth-order valence-electron chi connectivity index (χ4n) is 2.52. The molecule has 114 valence electrons. The quantitative estimate of drug-likeness (QED) is 0.873. The highest BCUT2D eigenvalue weighted by Crippen LogP contribution is 2.22. The molecule has 1 N–H and O–H groups in total. The van der Waals surface area contributed by atoms with Gasteiger partial charge in [-0.15, -0.1) is 5.10 Å². The van der Waals surface area contributed by atoms with Gasteiger partial charge >= 0.3 is 0 Å². The standard InChI is InChI=1S/C13H13N5O3S/c14-7-10-2-1-4-18-12(10)16-13(17-18)15-11(19)6-9-3-5-22(20,21)8-9/h1-2,4,9H,3,5-6,8H2,(H,15,17,19). The molecule has 0 aliphatic carbocycles. The lowest BCUT2D eigenvalue weighted by molar-refractivity contribution is -0.116. The topological polar surface area (TPSA) is 117 Å². The van der Waals surface area contributed by atoms with Crippen LogP contribution in [0, 0.1) is 17.2 Å². The molecule has 1 aliphatic rings. The zero-order valence-electron chi connectivity index (χ0n) is 11.6. The lowest BCUT2D eigenvalue weighted by Crippen LogP contribution is -2.18. The summed E-state index contributed by atoms with van der Waals surface area (Å²) in [4.78, 5) is 16.1. The zero-order valence-corrected chi connectivity index (χ0v) is 12.4. The molecule has 9 heteroatoms. The fourth-order valence-corrected chi connectivity index (χ4v) is 4.38. The molecule has 2 aromatic rings. The Kier molecular flexibility index (Phi) is 3.54. The summed E-state index contributed by atoms with van der Waals surface area (Å²) in [6.45, 7) is 0. The summed E-state index contributed by atoms with van der Waals surface area (Å²) >= 11 is 0. The number of nitriles is 1. The summed E-state index contributed by atoms with van der Waals surface area (Å²) in [5, 5.41) is 15.6. The normalized spacial score (nSPS) is 19.9. The summed E-state index contributed by atoms with van der Waals surface area (Å²) < 4.78 is 24.2. The highest BCUT2D eigenvalue weighted by atomic mass is 32.2. The average Bonchev–Trinajstić information content (AvgIpc) is 3.00. The third kappa shape index (κ3) is 2.92. The third-order valence-electron chi connectivity index (χ3n) is 3.53. The lowest BCUT2D eigenvalue weighted by Gasteiger charge is -2.05. The van der Waals surface area contributed by atoms with Crippen molar-refractivity contribution in [2.45, 2.75) is 12.8 Å². The number of nitrogens with one attached hydrogen (secondary N) is 1. The Bertz CT molecular complexity index is 881. The molecule has 0 saturated carbocycles. The number of carbonyl (C=O) groups is 1. The van der Waals surface area contributed by atoms with Gasteiger partial charge in [0.05, 0.1) is 17.1 Å². The molecule has 0 bridgehead atoms. The first-order valence-corrected chi connectivity index (χ1v) is 8.55. The van der Waals surface area contributed by atoms with E-state index >= 15 is 0 Å². The molecule has 1 amide bonds. The number of rotatable bonds is 3. The van der Waals surface area contributed by atoms with E-state index in [9.17, 15) is 13.2 Å². The number of anilines is 1. The van der Waals surface area contributed by atoms with Crippen LogP contribution in [0.1, 0.15) is 18.4 Å². The first-order valence-electron chi connectivity index (χ1n) is 6.72. The minimum Gasteiger partial charge on any atom is -0.293 e. The van der Waals surface area contributed by atoms with Crippen molar-refractivity contribution < 1.29 is 13.2 Å². The van der Waals surface area contributed by atoms with Crippen molar-refractivity contribution >= 4 is 27.3 Å². The lowest BCUT2D eigenvalue weighted by atomic mass is 10.1. The van der Waals surface area contributed by atoms with E-state index in [0.717, 1.165) is 0 Å². The molecule has 0 radical (unpaired) electrons. The van der Waals surface area contributed by atoms with Gasteiger partial charge in [0.1, 0.15) is 6.07 Å². The predicted molar refractivity (Wildman–Crippen MR) is 77.7 cm³/mol. The molecule has 8 nitrogen and oxygen atoms in total. The van der Waals surface area contributed by atoms with E-state index in [1.807, 2.05) is 6.07 Å². The van der Waals surface area contributed by atoms with Crippen molar-refractivity contribution in [3.05, 3.63) is 23.9 Å². The van der Waals surface area contributed by atoms with Gasteiger partial charge in [0.15, 0.2) is 15.5 Å². The van der Waals surface area contributed by atoms with Gasteiger partial charge in [-0.25, -0.2) is 12.9 Å². The van der Waals surface area contributed by atoms with E-state index in [2.05, 4.69) is 15.4 Å². The Morgan fingerprint density at radius 2 is 2.36 bits per heavy atom. The van der Waals surface area contributed by atoms with Gasteiger partial charge in [0, 0.05) is 12.6 Å². The van der Waals surface area contributed by atoms with Crippen molar-refractivity contribution in [2.75, 3.05) is 16.8 Å². The maximum Gasteiger partial charge on any atom is 0.249 e. The van der Waals surface area contributed by atoms with Gasteiger partial charge in [0.25, 0.3) is 0 Å². The van der Waals surface area contributed by atoms with Crippen molar-refractivity contribution in [3.63, 3.8) is 0 Å². The molecule has 1 aliphatic heterocycles. The summed E-state index contributed by atoms with van der Waals surface area (Å²) in [5.41, 5.74) is 0.723. The van der Waals surface area contributed by atoms with Crippen LogP contribution in [0.2, 0.25) is 0 Å². The van der Waals surface area contributed by atoms with Crippen LogP contribution in [-0.4, -0.2) is 40.4 Å². The Hall–Kier alpha value is -2.47. The number of amides is 1. The minimum absolute atomic E-state index is 0.0532. The first kappa shape index (κ1) is 14.5. The molecule has 2 aromatic heterocycles. The SMILES string of the molecule is N#Cc1cccn2nc(NC(=O)CC3CCS(=O)(=O)C3)nc12. The number of fused-ring (bicyclic) bond motifs is 1. The van der Waals surface area contributed by atoms with Crippen LogP contribution in [0.3, 0.4) is 0 Å². The van der Waals surface area contributed by atoms with Gasteiger partial charge in [-0.05, 0) is 24.5 Å². The van der Waals surface area contributed by atoms with Gasteiger partial charge in [-0.1, -0.05) is 0 Å². The zero-order chi connectivity index (χ0) is 15.7. The monoisotopic (exact) mass is 319 g/mol. The van der Waals surface area contributed by atoms with E-state index in [0.29, 0.717) is 17.6 Å². The van der Waals surface area contributed by atoms with Crippen LogP contribution in [-0.2, 0) is 14.6 Å². The van der Waals surface area contributed by atoms with Gasteiger partial charge in [-0.2, -0.15) is 10.2 Å². The van der Waals surface area contributed by atoms with Crippen LogP contribution < -0.4 is 5.32 Å². The highest BCUT2D eigenvalue weighted by Gasteiger charge is 2.29. The molecule has 1 unspecified atom stereocenters. The van der Waals surface area contributed by atoms with Crippen LogP contribution in [0.4, 0.5) is 5.95 Å². The van der Waals surface area contributed by atoms with E-state index in [4.69, 9.17) is 5.26 Å². The second kappa shape index (κ2) is 5.38. The molecule has 3 heterocycles. The minimum atomic E-state index is -2.99. The first-order chi connectivity index (χ1) is 10.5. The molecule has 1 saturated heterocycles. The molecule has 22 heavy (non-hydrogen) atoms. The van der Waals surface area contributed by atoms with Crippen molar-refractivity contribution in [2.24, 2.45) is 5.92 Å². The third-order valence-corrected chi connectivity index (χ3v) is 5.37. The predicted octanol–water partition coefficient (Wildman–Crippen LogP) is 0.364. The molecule has 3 rings (SSSR count). The Labute approximate surface area is 126 Å². The Balaban J connectivity index is 1.71. The van der Waals surface area contributed by atoms with E-state index in [1.54, 1.807) is 18.3 Å². The summed E-state index contributed by atoms with van der Waals surface area (Å²) in [7, 11) is -2.99. The number of carbonyl (C=O) groups excluding carboxylic acids is 1. The number of hydrogen-bond acceptors (Lipinski definition) is 6. The van der Waals surface area contributed by atoms with E-state index in [1.165, 1.54) is 4.52 Å². The number of sulfone groups is 1. The molecule has 0 spiro atoms. The summed E-state index contributed by atoms with van der Waals surface area (Å²) in [5.74, 6) is -0.178. The van der Waals surface area contributed by atoms with E-state index in [-0.39, 0.29) is 35.7 Å². The molecular weight excluding hydrogens is 306 g/mol.